The van der Waals surface area contributed by atoms with Crippen LogP contribution in [0.5, 0.6) is 0 Å². The number of thioether (sulfide) groups is 1. The molecule has 0 aliphatic heterocycles. The van der Waals surface area contributed by atoms with Crippen LogP contribution < -0.4 is 5.32 Å². The largest absolute Gasteiger partial charge is 0.449 e. The fourth-order valence-electron chi connectivity index (χ4n) is 2.21. The number of hydrogen-bond donors (Lipinski definition) is 1. The van der Waals surface area contributed by atoms with E-state index >= 15 is 0 Å². The van der Waals surface area contributed by atoms with Crippen molar-refractivity contribution in [2.24, 2.45) is 0 Å². The first-order valence-electron chi connectivity index (χ1n) is 8.17. The third-order valence-electron chi connectivity index (χ3n) is 3.73. The van der Waals surface area contributed by atoms with E-state index < -0.39 is 12.1 Å². The van der Waals surface area contributed by atoms with Gasteiger partial charge in [0.2, 0.25) is 0 Å². The van der Waals surface area contributed by atoms with Gasteiger partial charge >= 0.3 is 5.97 Å². The average Bonchev–Trinajstić information content (AvgIpc) is 2.95. The molecule has 0 radical (unpaired) electrons. The minimum atomic E-state index is -0.886. The standard InChI is InChI=1S/C19H22N2O4S/c1-5-10-20-18(22)14(4)24-19(23)15-8-6-7-9-17(15)26-11-16-12(2)21-25-13(16)3/h5-9,14H,1,10-11H2,2-4H3,(H,20,22)/t14-/m0/s1. The van der Waals surface area contributed by atoms with E-state index in [-0.39, 0.29) is 5.91 Å². The lowest BCUT2D eigenvalue weighted by Gasteiger charge is -2.14. The zero-order valence-electron chi connectivity index (χ0n) is 15.1. The molecule has 0 spiro atoms. The maximum absolute atomic E-state index is 12.5. The first-order valence-corrected chi connectivity index (χ1v) is 9.15. The summed E-state index contributed by atoms with van der Waals surface area (Å²) in [6.07, 6.45) is 0.677. The normalized spacial score (nSPS) is 11.7. The number of nitrogens with zero attached hydrogens (tertiary/aromatic N) is 1. The van der Waals surface area contributed by atoms with Gasteiger partial charge in [0.05, 0.1) is 11.3 Å². The summed E-state index contributed by atoms with van der Waals surface area (Å²) in [7, 11) is 0. The van der Waals surface area contributed by atoms with Crippen LogP contribution in [0.3, 0.4) is 0 Å². The number of esters is 1. The lowest BCUT2D eigenvalue weighted by molar-refractivity contribution is -0.128. The Hall–Kier alpha value is -2.54. The van der Waals surface area contributed by atoms with Gasteiger partial charge in [0.15, 0.2) is 6.10 Å². The average molecular weight is 374 g/mol. The Morgan fingerprint density at radius 2 is 2.12 bits per heavy atom. The molecule has 2 rings (SSSR count). The maximum Gasteiger partial charge on any atom is 0.340 e. The summed E-state index contributed by atoms with van der Waals surface area (Å²) in [5.41, 5.74) is 2.27. The Morgan fingerprint density at radius 3 is 2.77 bits per heavy atom. The molecule has 0 aliphatic rings. The molecule has 1 aromatic heterocycles. The second kappa shape index (κ2) is 9.24. The van der Waals surface area contributed by atoms with Gasteiger partial charge in [-0.1, -0.05) is 23.4 Å². The number of carbonyl (C=O) groups is 2. The fourth-order valence-corrected chi connectivity index (χ4v) is 3.41. The number of ether oxygens (including phenoxy) is 1. The monoisotopic (exact) mass is 374 g/mol. The van der Waals surface area contributed by atoms with E-state index in [1.165, 1.54) is 18.7 Å². The van der Waals surface area contributed by atoms with Crippen LogP contribution in [0, 0.1) is 13.8 Å². The van der Waals surface area contributed by atoms with Gasteiger partial charge in [-0.15, -0.1) is 18.3 Å². The van der Waals surface area contributed by atoms with Crippen molar-refractivity contribution >= 4 is 23.6 Å². The van der Waals surface area contributed by atoms with Crippen LogP contribution in [0.4, 0.5) is 0 Å². The highest BCUT2D eigenvalue weighted by Gasteiger charge is 2.21. The topological polar surface area (TPSA) is 81.4 Å². The second-order valence-corrected chi connectivity index (χ2v) is 6.69. The Morgan fingerprint density at radius 1 is 1.38 bits per heavy atom. The first-order chi connectivity index (χ1) is 12.4. The van der Waals surface area contributed by atoms with Crippen LogP contribution in [0.15, 0.2) is 46.3 Å². The number of aryl methyl sites for hydroxylation is 2. The van der Waals surface area contributed by atoms with Crippen molar-refractivity contribution in [3.8, 4) is 0 Å². The summed E-state index contributed by atoms with van der Waals surface area (Å²) in [6.45, 7) is 9.14. The van der Waals surface area contributed by atoms with E-state index in [1.807, 2.05) is 26.0 Å². The molecule has 1 amide bonds. The summed E-state index contributed by atoms with van der Waals surface area (Å²) < 4.78 is 10.5. The molecule has 26 heavy (non-hydrogen) atoms. The lowest BCUT2D eigenvalue weighted by Crippen LogP contribution is -2.35. The molecule has 0 fully saturated rings. The molecule has 0 saturated carbocycles. The first kappa shape index (κ1) is 19.8. The van der Waals surface area contributed by atoms with Crippen LogP contribution in [0.1, 0.15) is 34.3 Å². The van der Waals surface area contributed by atoms with Crippen molar-refractivity contribution in [1.29, 1.82) is 0 Å². The molecule has 0 saturated heterocycles. The van der Waals surface area contributed by atoms with Crippen LogP contribution >= 0.6 is 11.8 Å². The van der Waals surface area contributed by atoms with E-state index in [4.69, 9.17) is 9.26 Å². The van der Waals surface area contributed by atoms with E-state index in [1.54, 1.807) is 18.2 Å². The van der Waals surface area contributed by atoms with Gasteiger partial charge in [0.25, 0.3) is 5.91 Å². The zero-order valence-corrected chi connectivity index (χ0v) is 15.9. The minimum absolute atomic E-state index is 0.324. The summed E-state index contributed by atoms with van der Waals surface area (Å²) in [6, 6.07) is 7.15. The second-order valence-electron chi connectivity index (χ2n) is 5.67. The van der Waals surface area contributed by atoms with Crippen LogP contribution in [0.2, 0.25) is 0 Å². The quantitative estimate of drug-likeness (QED) is 0.433. The van der Waals surface area contributed by atoms with E-state index in [2.05, 4.69) is 17.1 Å². The molecule has 1 heterocycles. The molecular weight excluding hydrogens is 352 g/mol. The summed E-state index contributed by atoms with van der Waals surface area (Å²) in [4.78, 5) is 25.1. The predicted molar refractivity (Wildman–Crippen MR) is 100 cm³/mol. The zero-order chi connectivity index (χ0) is 19.1. The molecule has 0 bridgehead atoms. The smallest absolute Gasteiger partial charge is 0.340 e. The molecule has 0 unspecified atom stereocenters. The number of benzene rings is 1. The highest BCUT2D eigenvalue weighted by molar-refractivity contribution is 7.98. The van der Waals surface area contributed by atoms with Gasteiger partial charge in [0, 0.05) is 22.8 Å². The summed E-state index contributed by atoms with van der Waals surface area (Å²) >= 11 is 1.50. The van der Waals surface area contributed by atoms with Crippen LogP contribution in [-0.2, 0) is 15.3 Å². The molecule has 0 aliphatic carbocycles. The number of rotatable bonds is 8. The Bertz CT molecular complexity index is 781. The molecular formula is C19H22N2O4S. The Balaban J connectivity index is 2.06. The molecule has 138 valence electrons. The summed E-state index contributed by atoms with van der Waals surface area (Å²) in [5.74, 6) is 0.496. The third kappa shape index (κ3) is 4.98. The van der Waals surface area contributed by atoms with E-state index in [9.17, 15) is 9.59 Å². The van der Waals surface area contributed by atoms with Crippen LogP contribution in [-0.4, -0.2) is 29.7 Å². The maximum atomic E-state index is 12.5. The van der Waals surface area contributed by atoms with Crippen molar-refractivity contribution in [1.82, 2.24) is 10.5 Å². The van der Waals surface area contributed by atoms with E-state index in [0.717, 1.165) is 21.9 Å². The van der Waals surface area contributed by atoms with Gasteiger partial charge in [-0.2, -0.15) is 0 Å². The van der Waals surface area contributed by atoms with Crippen molar-refractivity contribution in [3.63, 3.8) is 0 Å². The highest BCUT2D eigenvalue weighted by Crippen LogP contribution is 2.29. The lowest BCUT2D eigenvalue weighted by atomic mass is 10.2. The number of carbonyl (C=O) groups excluding carboxylic acids is 2. The van der Waals surface area contributed by atoms with Crippen LogP contribution in [0.25, 0.3) is 0 Å². The predicted octanol–water partition coefficient (Wildman–Crippen LogP) is 3.43. The molecule has 1 aromatic carbocycles. The van der Waals surface area contributed by atoms with Crippen molar-refractivity contribution in [2.45, 2.75) is 37.5 Å². The Labute approximate surface area is 157 Å². The van der Waals surface area contributed by atoms with Crippen molar-refractivity contribution < 1.29 is 18.8 Å². The third-order valence-corrected chi connectivity index (χ3v) is 4.83. The number of aromatic nitrogens is 1. The molecule has 1 N–H and O–H groups in total. The van der Waals surface area contributed by atoms with Gasteiger partial charge in [-0.25, -0.2) is 4.79 Å². The van der Waals surface area contributed by atoms with Gasteiger partial charge in [-0.05, 0) is 32.9 Å². The molecule has 1 atom stereocenters. The van der Waals surface area contributed by atoms with E-state index in [0.29, 0.717) is 17.9 Å². The highest BCUT2D eigenvalue weighted by atomic mass is 32.2. The number of hydrogen-bond acceptors (Lipinski definition) is 6. The molecule has 2 aromatic rings. The minimum Gasteiger partial charge on any atom is -0.449 e. The van der Waals surface area contributed by atoms with Crippen molar-refractivity contribution in [3.05, 3.63) is 59.5 Å². The molecule has 6 nitrogen and oxygen atoms in total. The number of amides is 1. The van der Waals surface area contributed by atoms with Gasteiger partial charge in [0.1, 0.15) is 5.76 Å². The summed E-state index contributed by atoms with van der Waals surface area (Å²) in [5, 5.41) is 6.54. The SMILES string of the molecule is C=CCNC(=O)[C@H](C)OC(=O)c1ccccc1SCc1c(C)noc1C. The van der Waals surface area contributed by atoms with Crippen molar-refractivity contribution in [2.75, 3.05) is 6.54 Å². The Kier molecular flexibility index (Phi) is 7.03. The molecule has 7 heteroatoms. The van der Waals surface area contributed by atoms with Gasteiger partial charge < -0.3 is 14.6 Å². The van der Waals surface area contributed by atoms with Gasteiger partial charge in [-0.3, -0.25) is 4.79 Å². The fraction of sp³-hybridized carbons (Fsp3) is 0.316. The number of nitrogens with one attached hydrogen (secondary N) is 1.